The summed E-state index contributed by atoms with van der Waals surface area (Å²) in [6, 6.07) is 15.9. The van der Waals surface area contributed by atoms with Crippen LogP contribution < -0.4 is 14.8 Å². The van der Waals surface area contributed by atoms with Crippen molar-refractivity contribution in [1.29, 1.82) is 0 Å². The van der Waals surface area contributed by atoms with Crippen LogP contribution in [-0.4, -0.2) is 33.2 Å². The van der Waals surface area contributed by atoms with Gasteiger partial charge in [-0.1, -0.05) is 35.9 Å². The number of carbonyl (C=O) groups excluding carboxylic acids is 1. The average Bonchev–Trinajstić information content (AvgIpc) is 2.54. The molecule has 0 radical (unpaired) electrons. The van der Waals surface area contributed by atoms with Crippen LogP contribution in [0.4, 0.5) is 5.69 Å². The average molecular weight is 348 g/mol. The molecule has 0 aliphatic carbocycles. The Labute approximate surface area is 141 Å². The molecule has 7 heteroatoms. The third-order valence-electron chi connectivity index (χ3n) is 3.13. The first-order chi connectivity index (χ1) is 11.4. The Morgan fingerprint density at radius 2 is 1.71 bits per heavy atom. The molecule has 0 unspecified atom stereocenters. The van der Waals surface area contributed by atoms with Crippen molar-refractivity contribution in [2.24, 2.45) is 0 Å². The van der Waals surface area contributed by atoms with E-state index < -0.39 is 10.0 Å². The number of benzene rings is 2. The number of rotatable bonds is 8. The summed E-state index contributed by atoms with van der Waals surface area (Å²) in [5.41, 5.74) is 1.59. The first kappa shape index (κ1) is 17.8. The summed E-state index contributed by atoms with van der Waals surface area (Å²) in [4.78, 5) is 11.7. The quantitative estimate of drug-likeness (QED) is 0.763. The number of nitrogens with one attached hydrogen (secondary N) is 2. The van der Waals surface area contributed by atoms with E-state index in [1.54, 1.807) is 42.5 Å². The van der Waals surface area contributed by atoms with Crippen LogP contribution >= 0.6 is 0 Å². The van der Waals surface area contributed by atoms with Crippen LogP contribution in [-0.2, 0) is 14.8 Å². The number of hydrogen-bond acceptors (Lipinski definition) is 4. The maximum atomic E-state index is 11.9. The number of hydrogen-bond donors (Lipinski definition) is 2. The molecule has 0 heterocycles. The zero-order valence-electron chi connectivity index (χ0n) is 13.4. The van der Waals surface area contributed by atoms with Gasteiger partial charge in [0.25, 0.3) is 5.91 Å². The van der Waals surface area contributed by atoms with Crippen LogP contribution in [0.1, 0.15) is 5.56 Å². The fourth-order valence-corrected chi connectivity index (χ4v) is 2.86. The molecule has 2 N–H and O–H groups in total. The van der Waals surface area contributed by atoms with Crippen LogP contribution in [0.25, 0.3) is 0 Å². The normalized spacial score (nSPS) is 10.9. The Kier molecular flexibility index (Phi) is 6.20. The van der Waals surface area contributed by atoms with E-state index in [1.165, 1.54) is 0 Å². The molecule has 0 atom stereocenters. The number of para-hydroxylation sites is 1. The highest BCUT2D eigenvalue weighted by atomic mass is 32.2. The maximum absolute atomic E-state index is 11.9. The Bertz CT molecular complexity index is 759. The summed E-state index contributed by atoms with van der Waals surface area (Å²) in [5.74, 6) is 0.0117. The molecular formula is C17H20N2O4S. The van der Waals surface area contributed by atoms with Crippen molar-refractivity contribution in [3.05, 3.63) is 60.2 Å². The molecule has 0 saturated carbocycles. The Hall–Kier alpha value is -2.54. The van der Waals surface area contributed by atoms with Crippen molar-refractivity contribution < 1.29 is 17.9 Å². The van der Waals surface area contributed by atoms with Crippen LogP contribution in [0.5, 0.6) is 5.75 Å². The Balaban J connectivity index is 1.70. The minimum atomic E-state index is -3.51. The SMILES string of the molecule is Cc1ccc(OCC(=O)NCCS(=O)(=O)Nc2ccccc2)cc1. The second-order valence-corrected chi connectivity index (χ2v) is 7.08. The molecule has 0 aliphatic heterocycles. The predicted octanol–water partition coefficient (Wildman–Crippen LogP) is 1.93. The number of carbonyl (C=O) groups is 1. The van der Waals surface area contributed by atoms with E-state index >= 15 is 0 Å². The van der Waals surface area contributed by atoms with Gasteiger partial charge in [-0.25, -0.2) is 8.42 Å². The smallest absolute Gasteiger partial charge is 0.257 e. The molecule has 1 amide bonds. The van der Waals surface area contributed by atoms with E-state index in [0.29, 0.717) is 11.4 Å². The monoisotopic (exact) mass is 348 g/mol. The van der Waals surface area contributed by atoms with Crippen LogP contribution in [0, 0.1) is 6.92 Å². The number of aryl methyl sites for hydroxylation is 1. The lowest BCUT2D eigenvalue weighted by atomic mass is 10.2. The van der Waals surface area contributed by atoms with Gasteiger partial charge in [-0.05, 0) is 31.2 Å². The zero-order valence-corrected chi connectivity index (χ0v) is 14.2. The van der Waals surface area contributed by atoms with E-state index in [1.807, 2.05) is 19.1 Å². The molecular weight excluding hydrogens is 328 g/mol. The lowest BCUT2D eigenvalue weighted by Crippen LogP contribution is -2.34. The lowest BCUT2D eigenvalue weighted by molar-refractivity contribution is -0.122. The molecule has 0 fully saturated rings. The summed E-state index contributed by atoms with van der Waals surface area (Å²) in [6.45, 7) is 1.81. The van der Waals surface area contributed by atoms with Crippen molar-refractivity contribution in [2.45, 2.75) is 6.92 Å². The van der Waals surface area contributed by atoms with Gasteiger partial charge in [0.1, 0.15) is 5.75 Å². The molecule has 0 saturated heterocycles. The van der Waals surface area contributed by atoms with Gasteiger partial charge in [-0.3, -0.25) is 9.52 Å². The highest BCUT2D eigenvalue weighted by Gasteiger charge is 2.11. The second-order valence-electron chi connectivity index (χ2n) is 5.24. The Morgan fingerprint density at radius 3 is 2.38 bits per heavy atom. The van der Waals surface area contributed by atoms with E-state index in [2.05, 4.69) is 10.0 Å². The van der Waals surface area contributed by atoms with Gasteiger partial charge in [0.2, 0.25) is 10.0 Å². The molecule has 2 rings (SSSR count). The summed E-state index contributed by atoms with van der Waals surface area (Å²) >= 11 is 0. The fraction of sp³-hybridized carbons (Fsp3) is 0.235. The minimum Gasteiger partial charge on any atom is -0.484 e. The molecule has 6 nitrogen and oxygen atoms in total. The molecule has 0 bridgehead atoms. The lowest BCUT2D eigenvalue weighted by Gasteiger charge is -2.09. The molecule has 2 aromatic carbocycles. The van der Waals surface area contributed by atoms with Gasteiger partial charge in [-0.15, -0.1) is 0 Å². The van der Waals surface area contributed by atoms with Crippen molar-refractivity contribution in [2.75, 3.05) is 23.6 Å². The first-order valence-corrected chi connectivity index (χ1v) is 9.11. The van der Waals surface area contributed by atoms with E-state index in [4.69, 9.17) is 4.74 Å². The molecule has 24 heavy (non-hydrogen) atoms. The van der Waals surface area contributed by atoms with Gasteiger partial charge >= 0.3 is 0 Å². The van der Waals surface area contributed by atoms with Gasteiger partial charge < -0.3 is 10.1 Å². The van der Waals surface area contributed by atoms with E-state index in [-0.39, 0.29) is 24.8 Å². The minimum absolute atomic E-state index is 0.0122. The van der Waals surface area contributed by atoms with Gasteiger partial charge in [-0.2, -0.15) is 0 Å². The third-order valence-corrected chi connectivity index (χ3v) is 4.42. The van der Waals surface area contributed by atoms with Crippen LogP contribution in [0.15, 0.2) is 54.6 Å². The zero-order chi connectivity index (χ0) is 17.4. The molecule has 0 aliphatic rings. The predicted molar refractivity (Wildman–Crippen MR) is 93.5 cm³/mol. The Morgan fingerprint density at radius 1 is 1.04 bits per heavy atom. The molecule has 128 valence electrons. The van der Waals surface area contributed by atoms with E-state index in [0.717, 1.165) is 5.56 Å². The van der Waals surface area contributed by atoms with Gasteiger partial charge in [0.15, 0.2) is 6.61 Å². The second kappa shape index (κ2) is 8.35. The summed E-state index contributed by atoms with van der Waals surface area (Å²) < 4.78 is 31.6. The number of sulfonamides is 1. The number of anilines is 1. The molecule has 0 spiro atoms. The van der Waals surface area contributed by atoms with Crippen LogP contribution in [0.3, 0.4) is 0 Å². The first-order valence-electron chi connectivity index (χ1n) is 7.46. The van der Waals surface area contributed by atoms with Gasteiger partial charge in [0, 0.05) is 12.2 Å². The van der Waals surface area contributed by atoms with Gasteiger partial charge in [0.05, 0.1) is 5.75 Å². The largest absolute Gasteiger partial charge is 0.484 e. The summed E-state index contributed by atoms with van der Waals surface area (Å²) in [7, 11) is -3.51. The maximum Gasteiger partial charge on any atom is 0.257 e. The van der Waals surface area contributed by atoms with Crippen molar-refractivity contribution in [3.63, 3.8) is 0 Å². The number of ether oxygens (including phenoxy) is 1. The third kappa shape index (κ3) is 6.29. The molecule has 2 aromatic rings. The highest BCUT2D eigenvalue weighted by Crippen LogP contribution is 2.11. The van der Waals surface area contributed by atoms with E-state index in [9.17, 15) is 13.2 Å². The molecule has 0 aromatic heterocycles. The van der Waals surface area contributed by atoms with Crippen molar-refractivity contribution in [3.8, 4) is 5.75 Å². The van der Waals surface area contributed by atoms with Crippen molar-refractivity contribution in [1.82, 2.24) is 5.32 Å². The topological polar surface area (TPSA) is 84.5 Å². The highest BCUT2D eigenvalue weighted by molar-refractivity contribution is 7.92. The number of amides is 1. The van der Waals surface area contributed by atoms with Crippen LogP contribution in [0.2, 0.25) is 0 Å². The standard InChI is InChI=1S/C17H20N2O4S/c1-14-7-9-16(10-8-14)23-13-17(20)18-11-12-24(21,22)19-15-5-3-2-4-6-15/h2-10,19H,11-13H2,1H3,(H,18,20). The summed E-state index contributed by atoms with van der Waals surface area (Å²) in [5, 5.41) is 2.52. The van der Waals surface area contributed by atoms with Crippen molar-refractivity contribution >= 4 is 21.6 Å². The fourth-order valence-electron chi connectivity index (χ4n) is 1.90. The summed E-state index contributed by atoms with van der Waals surface area (Å²) in [6.07, 6.45) is 0.